The third-order valence-corrected chi connectivity index (χ3v) is 5.37. The van der Waals surface area contributed by atoms with Crippen molar-refractivity contribution in [1.82, 2.24) is 24.9 Å². The Kier molecular flexibility index (Phi) is 5.68. The Labute approximate surface area is 190 Å². The monoisotopic (exact) mass is 436 g/mol. The summed E-state index contributed by atoms with van der Waals surface area (Å²) in [5.41, 5.74) is 4.33. The molecule has 0 atom stereocenters. The highest BCUT2D eigenvalue weighted by molar-refractivity contribution is 5.87. The summed E-state index contributed by atoms with van der Waals surface area (Å²) in [5, 5.41) is 0. The first-order chi connectivity index (χ1) is 16.2. The van der Waals surface area contributed by atoms with Gasteiger partial charge >= 0.3 is 0 Å². The number of anilines is 2. The highest BCUT2D eigenvalue weighted by Gasteiger charge is 2.20. The maximum absolute atomic E-state index is 14.7. The Bertz CT molecular complexity index is 1390. The van der Waals surface area contributed by atoms with Crippen molar-refractivity contribution in [2.75, 3.05) is 11.4 Å². The molecule has 0 aliphatic heterocycles. The third-order valence-electron chi connectivity index (χ3n) is 5.37. The van der Waals surface area contributed by atoms with Gasteiger partial charge in [0.1, 0.15) is 5.82 Å². The second kappa shape index (κ2) is 9.08. The van der Waals surface area contributed by atoms with Crippen molar-refractivity contribution in [2.24, 2.45) is 0 Å². The van der Waals surface area contributed by atoms with Crippen LogP contribution in [0.25, 0.3) is 22.6 Å². The van der Waals surface area contributed by atoms with Crippen LogP contribution in [0, 0.1) is 12.7 Å². The lowest BCUT2D eigenvalue weighted by molar-refractivity contribution is 0.629. The maximum Gasteiger partial charge on any atom is 0.184 e. The minimum Gasteiger partial charge on any atom is -0.324 e. The van der Waals surface area contributed by atoms with Gasteiger partial charge in [0.05, 0.1) is 5.56 Å². The number of aryl methyl sites for hydroxylation is 1. The van der Waals surface area contributed by atoms with Gasteiger partial charge in [-0.25, -0.2) is 24.3 Å². The minimum atomic E-state index is -0.380. The first-order valence-corrected chi connectivity index (χ1v) is 10.7. The predicted octanol–water partition coefficient (Wildman–Crippen LogP) is 5.31. The maximum atomic E-state index is 14.7. The van der Waals surface area contributed by atoms with E-state index in [4.69, 9.17) is 4.98 Å². The molecule has 2 aromatic carbocycles. The molecule has 5 aromatic rings. The molecule has 5 rings (SSSR count). The van der Waals surface area contributed by atoms with E-state index >= 15 is 0 Å². The van der Waals surface area contributed by atoms with Crippen molar-refractivity contribution >= 4 is 22.7 Å². The van der Waals surface area contributed by atoms with Gasteiger partial charge in [0.2, 0.25) is 0 Å². The number of nitrogens with zero attached hydrogens (tertiary/aromatic N) is 6. The Morgan fingerprint density at radius 1 is 0.848 bits per heavy atom. The van der Waals surface area contributed by atoms with Gasteiger partial charge in [-0.1, -0.05) is 42.0 Å². The standard InChI is InChI=1S/C26H21FN6/c1-18-7-8-22(27)21(17-18)24-31-25-23(29-14-15-30-25)26(32-24)33(20-9-12-28-13-10-20)16-11-19-5-3-2-4-6-19/h2-10,12-15,17H,11,16H2,1H3. The zero-order valence-corrected chi connectivity index (χ0v) is 18.1. The van der Waals surface area contributed by atoms with Crippen LogP contribution >= 0.6 is 0 Å². The number of fused-ring (bicyclic) bond motifs is 1. The second-order valence-electron chi connectivity index (χ2n) is 7.68. The van der Waals surface area contributed by atoms with Gasteiger partial charge in [0.15, 0.2) is 22.8 Å². The summed E-state index contributed by atoms with van der Waals surface area (Å²) in [5.74, 6) is 0.471. The zero-order valence-electron chi connectivity index (χ0n) is 18.1. The van der Waals surface area contributed by atoms with Gasteiger partial charge in [-0.2, -0.15) is 0 Å². The van der Waals surface area contributed by atoms with Gasteiger partial charge < -0.3 is 4.90 Å². The van der Waals surface area contributed by atoms with Crippen molar-refractivity contribution in [2.45, 2.75) is 13.3 Å². The summed E-state index contributed by atoms with van der Waals surface area (Å²) in [6.45, 7) is 2.54. The van der Waals surface area contributed by atoms with Gasteiger partial charge in [0, 0.05) is 37.0 Å². The fourth-order valence-corrected chi connectivity index (χ4v) is 3.73. The predicted molar refractivity (Wildman–Crippen MR) is 127 cm³/mol. The van der Waals surface area contributed by atoms with E-state index in [9.17, 15) is 4.39 Å². The molecule has 0 fully saturated rings. The Balaban J connectivity index is 1.67. The average molecular weight is 436 g/mol. The highest BCUT2D eigenvalue weighted by atomic mass is 19.1. The highest BCUT2D eigenvalue weighted by Crippen LogP contribution is 2.31. The van der Waals surface area contributed by atoms with E-state index < -0.39 is 0 Å². The van der Waals surface area contributed by atoms with Gasteiger partial charge in [-0.05, 0) is 43.2 Å². The molecule has 7 heteroatoms. The van der Waals surface area contributed by atoms with E-state index in [1.54, 1.807) is 36.9 Å². The van der Waals surface area contributed by atoms with Crippen LogP contribution in [0.2, 0.25) is 0 Å². The Morgan fingerprint density at radius 2 is 1.64 bits per heavy atom. The Hall–Kier alpha value is -4.26. The molecule has 0 saturated carbocycles. The minimum absolute atomic E-state index is 0.276. The number of pyridine rings is 1. The zero-order chi connectivity index (χ0) is 22.6. The summed E-state index contributed by atoms with van der Waals surface area (Å²) < 4.78 is 14.7. The normalized spacial score (nSPS) is 11.0. The lowest BCUT2D eigenvalue weighted by Gasteiger charge is -2.25. The molecule has 0 N–H and O–H groups in total. The molecule has 162 valence electrons. The van der Waals surface area contributed by atoms with Crippen LogP contribution in [0.4, 0.5) is 15.9 Å². The lowest BCUT2D eigenvalue weighted by Crippen LogP contribution is -2.22. The van der Waals surface area contributed by atoms with E-state index in [0.717, 1.165) is 17.7 Å². The largest absolute Gasteiger partial charge is 0.324 e. The number of benzene rings is 2. The van der Waals surface area contributed by atoms with Crippen molar-refractivity contribution in [3.63, 3.8) is 0 Å². The van der Waals surface area contributed by atoms with Crippen LogP contribution in [-0.2, 0) is 6.42 Å². The third kappa shape index (κ3) is 4.39. The molecular formula is C26H21FN6. The molecule has 33 heavy (non-hydrogen) atoms. The van der Waals surface area contributed by atoms with Gasteiger partial charge in [-0.15, -0.1) is 0 Å². The second-order valence-corrected chi connectivity index (χ2v) is 7.68. The summed E-state index contributed by atoms with van der Waals surface area (Å²) in [7, 11) is 0. The van der Waals surface area contributed by atoms with Crippen molar-refractivity contribution in [3.8, 4) is 11.4 Å². The van der Waals surface area contributed by atoms with Gasteiger partial charge in [0.25, 0.3) is 0 Å². The summed E-state index contributed by atoms with van der Waals surface area (Å²) in [6.07, 6.45) is 7.45. The molecule has 0 aliphatic carbocycles. The summed E-state index contributed by atoms with van der Waals surface area (Å²) >= 11 is 0. The average Bonchev–Trinajstić information content (AvgIpc) is 2.86. The summed E-state index contributed by atoms with van der Waals surface area (Å²) in [6, 6.07) is 19.0. The van der Waals surface area contributed by atoms with E-state index in [2.05, 4.69) is 37.0 Å². The van der Waals surface area contributed by atoms with Crippen LogP contribution in [-0.4, -0.2) is 31.5 Å². The van der Waals surface area contributed by atoms with Crippen LogP contribution in [0.5, 0.6) is 0 Å². The molecule has 0 saturated heterocycles. The molecule has 0 spiro atoms. The summed E-state index contributed by atoms with van der Waals surface area (Å²) in [4.78, 5) is 24.5. The van der Waals surface area contributed by atoms with E-state index in [-0.39, 0.29) is 11.6 Å². The van der Waals surface area contributed by atoms with Crippen LogP contribution in [0.1, 0.15) is 11.1 Å². The molecule has 0 amide bonds. The van der Waals surface area contributed by atoms with E-state index in [0.29, 0.717) is 29.1 Å². The fraction of sp³-hybridized carbons (Fsp3) is 0.115. The first kappa shape index (κ1) is 20.6. The SMILES string of the molecule is Cc1ccc(F)c(-c2nc(N(CCc3ccccc3)c3ccncc3)c3nccnc3n2)c1. The quantitative estimate of drug-likeness (QED) is 0.359. The van der Waals surface area contributed by atoms with Crippen molar-refractivity contribution < 1.29 is 4.39 Å². The molecule has 3 heterocycles. The molecule has 0 aliphatic rings. The Morgan fingerprint density at radius 3 is 2.45 bits per heavy atom. The fourth-order valence-electron chi connectivity index (χ4n) is 3.73. The first-order valence-electron chi connectivity index (χ1n) is 10.7. The molecule has 0 bridgehead atoms. The molecule has 0 radical (unpaired) electrons. The van der Waals surface area contributed by atoms with Crippen LogP contribution < -0.4 is 4.90 Å². The van der Waals surface area contributed by atoms with E-state index in [1.165, 1.54) is 11.6 Å². The van der Waals surface area contributed by atoms with Crippen molar-refractivity contribution in [1.29, 1.82) is 0 Å². The topological polar surface area (TPSA) is 67.7 Å². The molecule has 6 nitrogen and oxygen atoms in total. The van der Waals surface area contributed by atoms with Crippen molar-refractivity contribution in [3.05, 3.63) is 102 Å². The number of hydrogen-bond donors (Lipinski definition) is 0. The number of rotatable bonds is 6. The number of hydrogen-bond acceptors (Lipinski definition) is 6. The van der Waals surface area contributed by atoms with Crippen LogP contribution in [0.15, 0.2) is 85.5 Å². The molecular weight excluding hydrogens is 415 g/mol. The van der Waals surface area contributed by atoms with Crippen LogP contribution in [0.3, 0.4) is 0 Å². The molecule has 0 unspecified atom stereocenters. The lowest BCUT2D eigenvalue weighted by atomic mass is 10.1. The number of halogens is 1. The molecule has 3 aromatic heterocycles. The van der Waals surface area contributed by atoms with Gasteiger partial charge in [-0.3, -0.25) is 4.98 Å². The smallest absolute Gasteiger partial charge is 0.184 e. The van der Waals surface area contributed by atoms with E-state index in [1.807, 2.05) is 37.3 Å². The number of aromatic nitrogens is 5.